The molecule has 0 aromatic carbocycles. The lowest BCUT2D eigenvalue weighted by Gasteiger charge is -2.24. The van der Waals surface area contributed by atoms with Crippen LogP contribution in [0, 0.1) is 0 Å². The highest BCUT2D eigenvalue weighted by molar-refractivity contribution is 7.98. The largest absolute Gasteiger partial charge is 0.392 e. The van der Waals surface area contributed by atoms with Crippen molar-refractivity contribution in [2.75, 3.05) is 25.6 Å². The molecular weight excluding hydrogens is 158 g/mol. The van der Waals surface area contributed by atoms with Crippen LogP contribution in [-0.2, 0) is 0 Å². The van der Waals surface area contributed by atoms with E-state index in [1.807, 2.05) is 25.7 Å². The summed E-state index contributed by atoms with van der Waals surface area (Å²) in [5.74, 6) is 1.13. The average molecular weight is 177 g/mol. The third kappa shape index (κ3) is 5.53. The van der Waals surface area contributed by atoms with Crippen molar-refractivity contribution in [1.29, 1.82) is 0 Å². The van der Waals surface area contributed by atoms with Gasteiger partial charge in [-0.15, -0.1) is 0 Å². The van der Waals surface area contributed by atoms with Crippen LogP contribution in [0.25, 0.3) is 0 Å². The quantitative estimate of drug-likeness (QED) is 0.679. The van der Waals surface area contributed by atoms with Crippen molar-refractivity contribution in [3.05, 3.63) is 0 Å². The fourth-order valence-electron chi connectivity index (χ4n) is 0.965. The summed E-state index contributed by atoms with van der Waals surface area (Å²) in [6, 6.07) is 0.555. The Bertz CT molecular complexity index is 98.1. The number of nitrogens with zero attached hydrogens (tertiary/aromatic N) is 1. The summed E-state index contributed by atoms with van der Waals surface area (Å²) in [6.45, 7) is 4.77. The Morgan fingerprint density at radius 1 is 1.45 bits per heavy atom. The molecule has 0 bridgehead atoms. The lowest BCUT2D eigenvalue weighted by molar-refractivity contribution is 0.127. The molecule has 0 saturated heterocycles. The van der Waals surface area contributed by atoms with E-state index in [-0.39, 0.29) is 6.10 Å². The SMILES string of the molecule is CSCC(C)N(C)C[C@@H](C)O. The van der Waals surface area contributed by atoms with Crippen molar-refractivity contribution >= 4 is 11.8 Å². The van der Waals surface area contributed by atoms with Crippen molar-refractivity contribution in [3.63, 3.8) is 0 Å². The smallest absolute Gasteiger partial charge is 0.0639 e. The zero-order valence-corrected chi connectivity index (χ0v) is 8.69. The number of thioether (sulfide) groups is 1. The number of likely N-dealkylation sites (N-methyl/N-ethyl adjacent to an activating group) is 1. The van der Waals surface area contributed by atoms with Gasteiger partial charge >= 0.3 is 0 Å². The third-order valence-corrected chi connectivity index (χ3v) is 2.53. The highest BCUT2D eigenvalue weighted by Crippen LogP contribution is 2.03. The second kappa shape index (κ2) is 5.86. The van der Waals surface area contributed by atoms with Gasteiger partial charge in [-0.25, -0.2) is 0 Å². The summed E-state index contributed by atoms with van der Waals surface area (Å²) >= 11 is 1.84. The molecule has 0 aliphatic rings. The molecule has 1 unspecified atom stereocenters. The molecule has 0 spiro atoms. The highest BCUT2D eigenvalue weighted by atomic mass is 32.2. The Hall–Kier alpha value is 0.270. The van der Waals surface area contributed by atoms with Crippen molar-refractivity contribution < 1.29 is 5.11 Å². The molecule has 1 N–H and O–H groups in total. The molecule has 0 fully saturated rings. The van der Waals surface area contributed by atoms with E-state index in [9.17, 15) is 0 Å². The topological polar surface area (TPSA) is 23.5 Å². The van der Waals surface area contributed by atoms with Crippen LogP contribution in [-0.4, -0.2) is 47.8 Å². The third-order valence-electron chi connectivity index (χ3n) is 1.71. The van der Waals surface area contributed by atoms with Gasteiger partial charge in [0.05, 0.1) is 6.10 Å². The summed E-state index contributed by atoms with van der Waals surface area (Å²) in [5, 5.41) is 9.09. The van der Waals surface area contributed by atoms with Crippen molar-refractivity contribution in [1.82, 2.24) is 4.90 Å². The molecule has 11 heavy (non-hydrogen) atoms. The van der Waals surface area contributed by atoms with Gasteiger partial charge in [0, 0.05) is 18.3 Å². The van der Waals surface area contributed by atoms with Crippen LogP contribution in [0.5, 0.6) is 0 Å². The Balaban J connectivity index is 3.54. The van der Waals surface area contributed by atoms with Crippen LogP contribution < -0.4 is 0 Å². The monoisotopic (exact) mass is 177 g/mol. The first kappa shape index (κ1) is 11.3. The second-order valence-corrected chi connectivity index (χ2v) is 4.00. The van der Waals surface area contributed by atoms with Crippen LogP contribution in [0.3, 0.4) is 0 Å². The van der Waals surface area contributed by atoms with Crippen LogP contribution in [0.4, 0.5) is 0 Å². The van der Waals surface area contributed by atoms with E-state index >= 15 is 0 Å². The normalized spacial score (nSPS) is 16.9. The Morgan fingerprint density at radius 2 is 2.00 bits per heavy atom. The molecule has 0 aliphatic carbocycles. The molecule has 0 heterocycles. The van der Waals surface area contributed by atoms with E-state index in [0.717, 1.165) is 12.3 Å². The molecule has 0 radical (unpaired) electrons. The van der Waals surface area contributed by atoms with Crippen molar-refractivity contribution in [2.24, 2.45) is 0 Å². The van der Waals surface area contributed by atoms with Gasteiger partial charge in [0.15, 0.2) is 0 Å². The predicted octanol–water partition coefficient (Wildman–Crippen LogP) is 1.05. The molecule has 0 aromatic rings. The fourth-order valence-corrected chi connectivity index (χ4v) is 1.70. The van der Waals surface area contributed by atoms with E-state index in [4.69, 9.17) is 5.11 Å². The Morgan fingerprint density at radius 3 is 2.36 bits per heavy atom. The van der Waals surface area contributed by atoms with Gasteiger partial charge in [0.2, 0.25) is 0 Å². The maximum absolute atomic E-state index is 9.09. The van der Waals surface area contributed by atoms with Gasteiger partial charge < -0.3 is 10.0 Å². The minimum absolute atomic E-state index is 0.218. The zero-order chi connectivity index (χ0) is 8.85. The van der Waals surface area contributed by atoms with Gasteiger partial charge in [0.1, 0.15) is 0 Å². The molecule has 68 valence electrons. The lowest BCUT2D eigenvalue weighted by Crippen LogP contribution is -2.36. The first-order valence-corrected chi connectivity index (χ1v) is 5.34. The van der Waals surface area contributed by atoms with Gasteiger partial charge in [-0.05, 0) is 27.2 Å². The molecule has 0 aliphatic heterocycles. The molecular formula is C8H19NOS. The maximum Gasteiger partial charge on any atom is 0.0639 e. The molecule has 3 heteroatoms. The van der Waals surface area contributed by atoms with E-state index in [0.29, 0.717) is 6.04 Å². The summed E-state index contributed by atoms with van der Waals surface area (Å²) in [7, 11) is 2.05. The first-order valence-electron chi connectivity index (χ1n) is 3.95. The second-order valence-electron chi connectivity index (χ2n) is 3.09. The first-order chi connectivity index (χ1) is 5.07. The van der Waals surface area contributed by atoms with Gasteiger partial charge in [-0.1, -0.05) is 0 Å². The number of aliphatic hydroxyl groups is 1. The maximum atomic E-state index is 9.09. The zero-order valence-electron chi connectivity index (χ0n) is 7.87. The summed E-state index contributed by atoms with van der Waals surface area (Å²) in [4.78, 5) is 2.18. The molecule has 0 saturated carbocycles. The van der Waals surface area contributed by atoms with Gasteiger partial charge in [-0.2, -0.15) is 11.8 Å². The van der Waals surface area contributed by atoms with Gasteiger partial charge in [-0.3, -0.25) is 0 Å². The standard InChI is InChI=1S/C8H19NOS/c1-7(6-11-4)9(3)5-8(2)10/h7-8,10H,5-6H2,1-4H3/t7?,8-/m1/s1. The highest BCUT2D eigenvalue weighted by Gasteiger charge is 2.09. The van der Waals surface area contributed by atoms with E-state index in [1.54, 1.807) is 0 Å². The van der Waals surface area contributed by atoms with Crippen LogP contribution in [0.1, 0.15) is 13.8 Å². The number of aliphatic hydroxyl groups excluding tert-OH is 1. The molecule has 2 nitrogen and oxygen atoms in total. The fraction of sp³-hybridized carbons (Fsp3) is 1.00. The van der Waals surface area contributed by atoms with Crippen molar-refractivity contribution in [3.8, 4) is 0 Å². The van der Waals surface area contributed by atoms with Crippen LogP contribution in [0.2, 0.25) is 0 Å². The van der Waals surface area contributed by atoms with Crippen LogP contribution >= 0.6 is 11.8 Å². The predicted molar refractivity (Wildman–Crippen MR) is 52.2 cm³/mol. The van der Waals surface area contributed by atoms with Gasteiger partial charge in [0.25, 0.3) is 0 Å². The number of hydrogen-bond donors (Lipinski definition) is 1. The Kier molecular flexibility index (Phi) is 6.01. The summed E-state index contributed by atoms with van der Waals surface area (Å²) < 4.78 is 0. The lowest BCUT2D eigenvalue weighted by atomic mass is 10.3. The van der Waals surface area contributed by atoms with E-state index in [2.05, 4.69) is 18.1 Å². The minimum Gasteiger partial charge on any atom is -0.392 e. The number of hydrogen-bond acceptors (Lipinski definition) is 3. The van der Waals surface area contributed by atoms with E-state index < -0.39 is 0 Å². The average Bonchev–Trinajstić information content (AvgIpc) is 1.86. The summed E-state index contributed by atoms with van der Waals surface area (Å²) in [6.07, 6.45) is 1.89. The molecule has 0 aromatic heterocycles. The van der Waals surface area contributed by atoms with E-state index in [1.165, 1.54) is 0 Å². The minimum atomic E-state index is -0.218. The van der Waals surface area contributed by atoms with Crippen LogP contribution in [0.15, 0.2) is 0 Å². The Labute approximate surface area is 74.0 Å². The summed E-state index contributed by atoms with van der Waals surface area (Å²) in [5.41, 5.74) is 0. The van der Waals surface area contributed by atoms with Crippen molar-refractivity contribution in [2.45, 2.75) is 26.0 Å². The molecule has 0 amide bonds. The number of rotatable bonds is 5. The molecule has 0 rings (SSSR count). The molecule has 2 atom stereocenters.